The van der Waals surface area contributed by atoms with Crippen LogP contribution in [-0.4, -0.2) is 29.3 Å². The second kappa shape index (κ2) is 7.85. The molecule has 0 saturated heterocycles. The Balaban J connectivity index is 1.87. The highest BCUT2D eigenvalue weighted by Crippen LogP contribution is 2.31. The van der Waals surface area contributed by atoms with E-state index in [2.05, 4.69) is 10.3 Å². The zero-order valence-electron chi connectivity index (χ0n) is 13.3. The first-order valence-corrected chi connectivity index (χ1v) is 7.39. The Bertz CT molecular complexity index is 772. The molecule has 0 aliphatic heterocycles. The first-order valence-electron chi connectivity index (χ1n) is 7.39. The van der Waals surface area contributed by atoms with Crippen LogP contribution >= 0.6 is 0 Å². The zero-order chi connectivity index (χ0) is 18.4. The van der Waals surface area contributed by atoms with Gasteiger partial charge in [-0.1, -0.05) is 12.1 Å². The number of ether oxygens (including phenoxy) is 1. The number of aromatic nitrogens is 1. The molecule has 1 unspecified atom stereocenters. The van der Waals surface area contributed by atoms with Crippen molar-refractivity contribution < 1.29 is 23.0 Å². The fourth-order valence-electron chi connectivity index (χ4n) is 1.98. The van der Waals surface area contributed by atoms with E-state index in [-0.39, 0.29) is 24.6 Å². The molecule has 0 amide bonds. The van der Waals surface area contributed by atoms with Crippen molar-refractivity contribution in [3.05, 3.63) is 53.2 Å². The summed E-state index contributed by atoms with van der Waals surface area (Å²) in [7, 11) is 0. The predicted octanol–water partition coefficient (Wildman–Crippen LogP) is 3.13. The van der Waals surface area contributed by atoms with E-state index in [9.17, 15) is 18.3 Å². The predicted molar refractivity (Wildman–Crippen MR) is 85.1 cm³/mol. The molecule has 8 heteroatoms. The van der Waals surface area contributed by atoms with Crippen LogP contribution in [0.2, 0.25) is 0 Å². The van der Waals surface area contributed by atoms with Crippen molar-refractivity contribution in [2.45, 2.75) is 19.2 Å². The number of aliphatic hydroxyl groups excluding tert-OH is 1. The lowest BCUT2D eigenvalue weighted by molar-refractivity contribution is -0.137. The SMILES string of the molecule is Cc1ccc(NCC(O)COc2cccc(C(F)(F)F)c2)nc1C#N. The lowest BCUT2D eigenvalue weighted by Crippen LogP contribution is -2.26. The van der Waals surface area contributed by atoms with Crippen molar-refractivity contribution in [1.29, 1.82) is 5.26 Å². The Hall–Kier alpha value is -2.79. The van der Waals surface area contributed by atoms with E-state index in [1.54, 1.807) is 19.1 Å². The number of hydrogen-bond donors (Lipinski definition) is 2. The summed E-state index contributed by atoms with van der Waals surface area (Å²) in [6.45, 7) is 1.64. The number of anilines is 1. The average Bonchev–Trinajstić information content (AvgIpc) is 2.58. The van der Waals surface area contributed by atoms with Gasteiger partial charge < -0.3 is 15.2 Å². The molecule has 0 fully saturated rings. The second-order valence-electron chi connectivity index (χ2n) is 5.35. The largest absolute Gasteiger partial charge is 0.491 e. The number of pyridine rings is 1. The van der Waals surface area contributed by atoms with Gasteiger partial charge in [-0.2, -0.15) is 18.4 Å². The van der Waals surface area contributed by atoms with Gasteiger partial charge in [-0.3, -0.25) is 0 Å². The van der Waals surface area contributed by atoms with Crippen LogP contribution in [0.3, 0.4) is 0 Å². The normalized spacial score (nSPS) is 12.3. The number of rotatable bonds is 6. The van der Waals surface area contributed by atoms with Crippen LogP contribution < -0.4 is 10.1 Å². The molecule has 5 nitrogen and oxygen atoms in total. The van der Waals surface area contributed by atoms with Crippen LogP contribution in [0, 0.1) is 18.3 Å². The van der Waals surface area contributed by atoms with E-state index in [1.807, 2.05) is 6.07 Å². The number of nitrogens with zero attached hydrogens (tertiary/aromatic N) is 2. The number of aryl methyl sites for hydroxylation is 1. The third kappa shape index (κ3) is 5.36. The molecule has 2 aromatic rings. The summed E-state index contributed by atoms with van der Waals surface area (Å²) in [6.07, 6.45) is -5.42. The van der Waals surface area contributed by atoms with E-state index < -0.39 is 17.8 Å². The Morgan fingerprint density at radius 1 is 1.32 bits per heavy atom. The highest BCUT2D eigenvalue weighted by molar-refractivity contribution is 5.42. The maximum Gasteiger partial charge on any atom is 0.416 e. The Labute approximate surface area is 142 Å². The lowest BCUT2D eigenvalue weighted by atomic mass is 10.2. The van der Waals surface area contributed by atoms with Gasteiger partial charge in [0.05, 0.1) is 5.56 Å². The molecule has 0 bridgehead atoms. The van der Waals surface area contributed by atoms with Gasteiger partial charge in [0.15, 0.2) is 0 Å². The van der Waals surface area contributed by atoms with Gasteiger partial charge in [0, 0.05) is 6.54 Å². The minimum Gasteiger partial charge on any atom is -0.491 e. The van der Waals surface area contributed by atoms with E-state index >= 15 is 0 Å². The Morgan fingerprint density at radius 3 is 2.76 bits per heavy atom. The molecular weight excluding hydrogens is 335 g/mol. The molecule has 1 aromatic heterocycles. The van der Waals surface area contributed by atoms with Crippen LogP contribution in [0.25, 0.3) is 0 Å². The van der Waals surface area contributed by atoms with Gasteiger partial charge in [-0.25, -0.2) is 4.98 Å². The number of benzene rings is 1. The van der Waals surface area contributed by atoms with E-state index in [0.29, 0.717) is 5.82 Å². The fraction of sp³-hybridized carbons (Fsp3) is 0.294. The van der Waals surface area contributed by atoms with Gasteiger partial charge >= 0.3 is 6.18 Å². The lowest BCUT2D eigenvalue weighted by Gasteiger charge is -2.15. The highest BCUT2D eigenvalue weighted by atomic mass is 19.4. The van der Waals surface area contributed by atoms with Crippen molar-refractivity contribution in [3.8, 4) is 11.8 Å². The zero-order valence-corrected chi connectivity index (χ0v) is 13.3. The molecule has 1 atom stereocenters. The molecule has 0 aliphatic rings. The van der Waals surface area contributed by atoms with Crippen LogP contribution in [0.4, 0.5) is 19.0 Å². The number of hydrogen-bond acceptors (Lipinski definition) is 5. The van der Waals surface area contributed by atoms with Gasteiger partial charge in [0.25, 0.3) is 0 Å². The van der Waals surface area contributed by atoms with Crippen LogP contribution in [0.5, 0.6) is 5.75 Å². The molecule has 0 spiro atoms. The van der Waals surface area contributed by atoms with Crippen molar-refractivity contribution in [3.63, 3.8) is 0 Å². The third-order valence-electron chi connectivity index (χ3n) is 3.33. The molecule has 0 aliphatic carbocycles. The number of nitriles is 1. The van der Waals surface area contributed by atoms with Crippen LogP contribution in [-0.2, 0) is 6.18 Å². The van der Waals surface area contributed by atoms with Gasteiger partial charge in [-0.05, 0) is 36.8 Å². The maximum absolute atomic E-state index is 12.6. The van der Waals surface area contributed by atoms with Gasteiger partial charge in [0.2, 0.25) is 0 Å². The summed E-state index contributed by atoms with van der Waals surface area (Å²) < 4.78 is 43.1. The molecule has 0 radical (unpaired) electrons. The molecule has 25 heavy (non-hydrogen) atoms. The van der Waals surface area contributed by atoms with Crippen LogP contribution in [0.1, 0.15) is 16.8 Å². The maximum atomic E-state index is 12.6. The number of halogens is 3. The van der Waals surface area contributed by atoms with Crippen LogP contribution in [0.15, 0.2) is 36.4 Å². The Morgan fingerprint density at radius 2 is 2.08 bits per heavy atom. The monoisotopic (exact) mass is 351 g/mol. The van der Waals surface area contributed by atoms with E-state index in [4.69, 9.17) is 10.00 Å². The summed E-state index contributed by atoms with van der Waals surface area (Å²) >= 11 is 0. The molecule has 132 valence electrons. The van der Waals surface area contributed by atoms with Gasteiger partial charge in [-0.15, -0.1) is 0 Å². The standard InChI is InChI=1S/C17H16F3N3O2/c1-11-5-6-16(23-15(11)8-21)22-9-13(24)10-25-14-4-2-3-12(7-14)17(18,19)20/h2-7,13,24H,9-10H2,1H3,(H,22,23). The summed E-state index contributed by atoms with van der Waals surface area (Å²) in [6, 6.07) is 9.79. The number of alkyl halides is 3. The topological polar surface area (TPSA) is 78.2 Å². The van der Waals surface area contributed by atoms with E-state index in [1.165, 1.54) is 12.1 Å². The first kappa shape index (κ1) is 18.5. The van der Waals surface area contributed by atoms with Crippen molar-refractivity contribution in [2.75, 3.05) is 18.5 Å². The number of aliphatic hydroxyl groups is 1. The molecule has 2 rings (SSSR count). The number of nitrogens with one attached hydrogen (secondary N) is 1. The highest BCUT2D eigenvalue weighted by Gasteiger charge is 2.30. The minimum absolute atomic E-state index is 0.0223. The van der Waals surface area contributed by atoms with E-state index in [0.717, 1.165) is 17.7 Å². The Kier molecular flexibility index (Phi) is 5.83. The smallest absolute Gasteiger partial charge is 0.416 e. The molecule has 2 N–H and O–H groups in total. The average molecular weight is 351 g/mol. The summed E-state index contributed by atoms with van der Waals surface area (Å²) in [5.41, 5.74) is 0.201. The molecular formula is C17H16F3N3O2. The van der Waals surface area contributed by atoms with Gasteiger partial charge in [0.1, 0.15) is 36.0 Å². The molecule has 1 heterocycles. The van der Waals surface area contributed by atoms with Crippen molar-refractivity contribution in [1.82, 2.24) is 4.98 Å². The minimum atomic E-state index is -4.45. The fourth-order valence-corrected chi connectivity index (χ4v) is 1.98. The third-order valence-corrected chi connectivity index (χ3v) is 3.33. The second-order valence-corrected chi connectivity index (χ2v) is 5.35. The van der Waals surface area contributed by atoms with Crippen molar-refractivity contribution >= 4 is 5.82 Å². The summed E-state index contributed by atoms with van der Waals surface area (Å²) in [5, 5.41) is 21.6. The molecule has 0 saturated carbocycles. The first-order chi connectivity index (χ1) is 11.8. The molecule has 1 aromatic carbocycles. The summed E-state index contributed by atoms with van der Waals surface area (Å²) in [4.78, 5) is 4.07. The quantitative estimate of drug-likeness (QED) is 0.836. The summed E-state index contributed by atoms with van der Waals surface area (Å²) in [5.74, 6) is 0.439. The van der Waals surface area contributed by atoms with Crippen molar-refractivity contribution in [2.24, 2.45) is 0 Å².